The Morgan fingerprint density at radius 3 is 2.68 bits per heavy atom. The molecule has 0 aliphatic heterocycles. The Kier molecular flexibility index (Phi) is 7.33. The number of carbonyl (C=O) groups excluding carboxylic acids is 2. The normalized spacial score (nSPS) is 10.5. The number of aryl methyl sites for hydroxylation is 1. The second-order valence-corrected chi connectivity index (χ2v) is 7.44. The summed E-state index contributed by atoms with van der Waals surface area (Å²) in [5, 5.41) is 22.2. The number of nitrogens with zero attached hydrogens (tertiary/aromatic N) is 4. The first-order valence-corrected chi connectivity index (χ1v) is 10.0. The molecule has 10 nitrogen and oxygen atoms in total. The summed E-state index contributed by atoms with van der Waals surface area (Å²) in [6, 6.07) is 13.6. The summed E-state index contributed by atoms with van der Waals surface area (Å²) < 4.78 is 6.60. The van der Waals surface area contributed by atoms with E-state index in [2.05, 4.69) is 15.5 Å². The number of nitro benzene ring substituents is 1. The molecule has 1 amide bonds. The molecule has 0 radical (unpaired) electrons. The van der Waals surface area contributed by atoms with Gasteiger partial charge < -0.3 is 14.6 Å². The summed E-state index contributed by atoms with van der Waals surface area (Å²) in [5.41, 5.74) is 0.784. The number of esters is 1. The second kappa shape index (κ2) is 10.3. The van der Waals surface area contributed by atoms with Gasteiger partial charge in [0.05, 0.1) is 15.4 Å². The fourth-order valence-electron chi connectivity index (χ4n) is 2.59. The van der Waals surface area contributed by atoms with Crippen molar-refractivity contribution in [3.05, 3.63) is 76.1 Å². The van der Waals surface area contributed by atoms with Crippen LogP contribution in [0.1, 0.15) is 15.9 Å². The highest BCUT2D eigenvalue weighted by molar-refractivity contribution is 7.99. The Labute approximate surface area is 181 Å². The van der Waals surface area contributed by atoms with Crippen LogP contribution >= 0.6 is 11.8 Å². The topological polar surface area (TPSA) is 129 Å². The Bertz CT molecular complexity index is 1090. The number of hydrogen-bond acceptors (Lipinski definition) is 8. The van der Waals surface area contributed by atoms with E-state index in [1.165, 1.54) is 18.5 Å². The Hall–Kier alpha value is -3.73. The van der Waals surface area contributed by atoms with Crippen LogP contribution in [0.15, 0.2) is 64.9 Å². The van der Waals surface area contributed by atoms with Crippen LogP contribution in [0.2, 0.25) is 0 Å². The van der Waals surface area contributed by atoms with E-state index in [4.69, 9.17) is 4.74 Å². The Morgan fingerprint density at radius 2 is 2.00 bits per heavy atom. The number of amides is 1. The largest absolute Gasteiger partial charge is 0.452 e. The van der Waals surface area contributed by atoms with Crippen LogP contribution in [0.5, 0.6) is 0 Å². The number of carbonyl (C=O) groups is 2. The first kappa shape index (κ1) is 22.0. The van der Waals surface area contributed by atoms with Crippen LogP contribution in [0.25, 0.3) is 0 Å². The maximum absolute atomic E-state index is 12.2. The minimum Gasteiger partial charge on any atom is -0.452 e. The Morgan fingerprint density at radius 1 is 1.23 bits per heavy atom. The molecular formula is C20H19N5O5S. The average molecular weight is 441 g/mol. The lowest BCUT2D eigenvalue weighted by molar-refractivity contribution is -0.387. The van der Waals surface area contributed by atoms with E-state index in [0.717, 1.165) is 23.4 Å². The molecular weight excluding hydrogens is 422 g/mol. The number of rotatable bonds is 9. The highest BCUT2D eigenvalue weighted by Crippen LogP contribution is 2.34. The van der Waals surface area contributed by atoms with Gasteiger partial charge in [0, 0.05) is 19.7 Å². The summed E-state index contributed by atoms with van der Waals surface area (Å²) in [6.07, 6.45) is 2.13. The smallest absolute Gasteiger partial charge is 0.338 e. The monoisotopic (exact) mass is 441 g/mol. The van der Waals surface area contributed by atoms with Crippen molar-refractivity contribution in [2.75, 3.05) is 13.2 Å². The van der Waals surface area contributed by atoms with E-state index < -0.39 is 23.4 Å². The molecule has 11 heteroatoms. The minimum absolute atomic E-state index is 0.0221. The quantitative estimate of drug-likeness (QED) is 0.304. The van der Waals surface area contributed by atoms with Gasteiger partial charge in [-0.25, -0.2) is 4.79 Å². The number of aromatic nitrogens is 3. The molecule has 3 rings (SSSR count). The van der Waals surface area contributed by atoms with Gasteiger partial charge in [-0.3, -0.25) is 14.9 Å². The molecule has 0 saturated heterocycles. The first-order chi connectivity index (χ1) is 14.9. The molecule has 0 unspecified atom stereocenters. The van der Waals surface area contributed by atoms with E-state index >= 15 is 0 Å². The SMILES string of the molecule is Cn1cnnc1Sc1ccc(C(=O)OCC(=O)NCCc2ccccc2)cc1[N+](=O)[O-]. The number of benzene rings is 2. The van der Waals surface area contributed by atoms with Gasteiger partial charge in [0.1, 0.15) is 6.33 Å². The highest BCUT2D eigenvalue weighted by atomic mass is 32.2. The predicted molar refractivity (Wildman–Crippen MR) is 112 cm³/mol. The zero-order valence-electron chi connectivity index (χ0n) is 16.6. The van der Waals surface area contributed by atoms with Gasteiger partial charge in [-0.1, -0.05) is 30.3 Å². The lowest BCUT2D eigenvalue weighted by Gasteiger charge is -2.08. The summed E-state index contributed by atoms with van der Waals surface area (Å²) >= 11 is 1.05. The predicted octanol–water partition coefficient (Wildman–Crippen LogP) is 2.39. The molecule has 31 heavy (non-hydrogen) atoms. The molecule has 2 aromatic carbocycles. The lowest BCUT2D eigenvalue weighted by atomic mass is 10.1. The van der Waals surface area contributed by atoms with Crippen molar-refractivity contribution in [2.24, 2.45) is 7.05 Å². The first-order valence-electron chi connectivity index (χ1n) is 9.22. The van der Waals surface area contributed by atoms with Crippen molar-refractivity contribution in [2.45, 2.75) is 16.5 Å². The maximum atomic E-state index is 12.2. The summed E-state index contributed by atoms with van der Waals surface area (Å²) in [7, 11) is 1.71. The molecule has 1 aromatic heterocycles. The fraction of sp³-hybridized carbons (Fsp3) is 0.200. The van der Waals surface area contributed by atoms with Gasteiger partial charge in [0.15, 0.2) is 11.8 Å². The number of nitrogens with one attached hydrogen (secondary N) is 1. The van der Waals surface area contributed by atoms with Crippen molar-refractivity contribution in [1.29, 1.82) is 0 Å². The van der Waals surface area contributed by atoms with Crippen LogP contribution < -0.4 is 5.32 Å². The Balaban J connectivity index is 1.55. The third kappa shape index (κ3) is 6.12. The van der Waals surface area contributed by atoms with Crippen molar-refractivity contribution < 1.29 is 19.2 Å². The molecule has 160 valence electrons. The number of ether oxygens (including phenoxy) is 1. The third-order valence-electron chi connectivity index (χ3n) is 4.18. The fourth-order valence-corrected chi connectivity index (χ4v) is 3.44. The third-order valence-corrected chi connectivity index (χ3v) is 5.29. The summed E-state index contributed by atoms with van der Waals surface area (Å²) in [6.45, 7) is -0.0727. The van der Waals surface area contributed by atoms with Crippen LogP contribution in [-0.2, 0) is 23.0 Å². The van der Waals surface area contributed by atoms with Crippen LogP contribution in [0, 0.1) is 10.1 Å². The highest BCUT2D eigenvalue weighted by Gasteiger charge is 2.21. The molecule has 1 N–H and O–H groups in total. The molecule has 3 aromatic rings. The molecule has 0 spiro atoms. The second-order valence-electron chi connectivity index (χ2n) is 6.43. The lowest BCUT2D eigenvalue weighted by Crippen LogP contribution is -2.30. The van der Waals surface area contributed by atoms with Crippen molar-refractivity contribution in [1.82, 2.24) is 20.1 Å². The number of hydrogen-bond donors (Lipinski definition) is 1. The van der Waals surface area contributed by atoms with Crippen molar-refractivity contribution >= 4 is 29.3 Å². The molecule has 0 aliphatic carbocycles. The van der Waals surface area contributed by atoms with Gasteiger partial charge in [-0.15, -0.1) is 10.2 Å². The van der Waals surface area contributed by atoms with Crippen molar-refractivity contribution in [3.8, 4) is 0 Å². The van der Waals surface area contributed by atoms with E-state index in [9.17, 15) is 19.7 Å². The standard InChI is InChI=1S/C20H19N5O5S/c1-24-13-22-23-20(24)31-17-8-7-15(11-16(17)25(28)29)19(27)30-12-18(26)21-10-9-14-5-3-2-4-6-14/h2-8,11,13H,9-10,12H2,1H3,(H,21,26). The van der Waals surface area contributed by atoms with Gasteiger partial charge in [-0.2, -0.15) is 0 Å². The molecule has 0 bridgehead atoms. The summed E-state index contributed by atoms with van der Waals surface area (Å²) in [5.74, 6) is -1.27. The van der Waals surface area contributed by atoms with Crippen LogP contribution in [-0.4, -0.2) is 44.7 Å². The minimum atomic E-state index is -0.823. The van der Waals surface area contributed by atoms with Gasteiger partial charge in [0.2, 0.25) is 0 Å². The number of nitro groups is 1. The van der Waals surface area contributed by atoms with Crippen LogP contribution in [0.4, 0.5) is 5.69 Å². The summed E-state index contributed by atoms with van der Waals surface area (Å²) in [4.78, 5) is 35.3. The van der Waals surface area contributed by atoms with Gasteiger partial charge in [-0.05, 0) is 35.9 Å². The molecule has 0 atom stereocenters. The van der Waals surface area contributed by atoms with Crippen molar-refractivity contribution in [3.63, 3.8) is 0 Å². The van der Waals surface area contributed by atoms with E-state index in [1.54, 1.807) is 11.6 Å². The van der Waals surface area contributed by atoms with E-state index in [1.807, 2.05) is 30.3 Å². The zero-order valence-corrected chi connectivity index (χ0v) is 17.4. The molecule has 0 aliphatic rings. The van der Waals surface area contributed by atoms with E-state index in [0.29, 0.717) is 23.0 Å². The zero-order chi connectivity index (χ0) is 22.2. The molecule has 0 fully saturated rings. The van der Waals surface area contributed by atoms with Crippen LogP contribution in [0.3, 0.4) is 0 Å². The maximum Gasteiger partial charge on any atom is 0.338 e. The molecule has 1 heterocycles. The molecule has 0 saturated carbocycles. The van der Waals surface area contributed by atoms with E-state index in [-0.39, 0.29) is 11.3 Å². The van der Waals surface area contributed by atoms with Gasteiger partial charge >= 0.3 is 5.97 Å². The average Bonchev–Trinajstić information content (AvgIpc) is 3.17. The van der Waals surface area contributed by atoms with Gasteiger partial charge in [0.25, 0.3) is 11.6 Å².